The van der Waals surface area contributed by atoms with Gasteiger partial charge in [-0.05, 0) is 37.6 Å². The van der Waals surface area contributed by atoms with Crippen LogP contribution in [-0.2, 0) is 4.79 Å². The first kappa shape index (κ1) is 17.1. The molecule has 1 saturated heterocycles. The maximum absolute atomic E-state index is 12.6. The van der Waals surface area contributed by atoms with Crippen molar-refractivity contribution in [2.75, 3.05) is 13.1 Å². The summed E-state index contributed by atoms with van der Waals surface area (Å²) in [6.45, 7) is 4.57. The van der Waals surface area contributed by atoms with Crippen LogP contribution in [-0.4, -0.2) is 49.6 Å². The highest BCUT2D eigenvalue weighted by Crippen LogP contribution is 2.24. The molecule has 0 radical (unpaired) electrons. The maximum Gasteiger partial charge on any atom is 0.255 e. The average molecular weight is 361 g/mol. The molecule has 136 valence electrons. The van der Waals surface area contributed by atoms with E-state index in [4.69, 9.17) is 0 Å². The summed E-state index contributed by atoms with van der Waals surface area (Å²) in [6, 6.07) is 5.59. The van der Waals surface area contributed by atoms with E-state index in [-0.39, 0.29) is 18.2 Å². The van der Waals surface area contributed by atoms with Crippen LogP contribution in [0.25, 0.3) is 22.6 Å². The number of aryl methyl sites for hydroxylation is 2. The molecule has 4 rings (SSSR count). The molecule has 0 spiro atoms. The van der Waals surface area contributed by atoms with Gasteiger partial charge in [-0.1, -0.05) is 0 Å². The highest BCUT2D eigenvalue weighted by molar-refractivity contribution is 5.99. The topological polar surface area (TPSA) is 91.8 Å². The highest BCUT2D eigenvalue weighted by Gasteiger charge is 2.25. The molecular weight excluding hydrogens is 342 g/mol. The van der Waals surface area contributed by atoms with E-state index in [1.54, 1.807) is 23.4 Å². The maximum atomic E-state index is 12.6. The number of hydrogen-bond donors (Lipinski definition) is 1. The molecule has 0 unspecified atom stereocenters. The number of nitrogens with one attached hydrogen (secondary N) is 1. The molecule has 1 fully saturated rings. The summed E-state index contributed by atoms with van der Waals surface area (Å²) >= 11 is 0. The van der Waals surface area contributed by atoms with Crippen molar-refractivity contribution in [2.24, 2.45) is 0 Å². The Bertz CT molecular complexity index is 1020. The van der Waals surface area contributed by atoms with Crippen LogP contribution in [0.15, 0.2) is 36.8 Å². The zero-order chi connectivity index (χ0) is 19.0. The van der Waals surface area contributed by atoms with Crippen LogP contribution in [0.5, 0.6) is 0 Å². The molecule has 0 atom stereocenters. The van der Waals surface area contributed by atoms with Gasteiger partial charge in [0.1, 0.15) is 5.69 Å². The second-order valence-electron chi connectivity index (χ2n) is 6.70. The van der Waals surface area contributed by atoms with Gasteiger partial charge in [0.15, 0.2) is 11.6 Å². The molecule has 0 bridgehead atoms. The lowest BCUT2D eigenvalue weighted by molar-refractivity contribution is -0.116. The fraction of sp³-hybridized carbons (Fsp3) is 0.250. The first-order chi connectivity index (χ1) is 13.0. The Hall–Kier alpha value is -3.35. The van der Waals surface area contributed by atoms with Crippen molar-refractivity contribution >= 4 is 11.7 Å². The Balaban J connectivity index is 1.65. The fourth-order valence-corrected chi connectivity index (χ4v) is 3.11. The number of hydrogen-bond acceptors (Lipinski definition) is 5. The summed E-state index contributed by atoms with van der Waals surface area (Å²) in [5.74, 6) is 0.639. The van der Waals surface area contributed by atoms with Gasteiger partial charge >= 0.3 is 0 Å². The van der Waals surface area contributed by atoms with Crippen molar-refractivity contribution in [2.45, 2.75) is 20.3 Å². The third kappa shape index (κ3) is 3.36. The normalized spacial score (nSPS) is 14.0. The van der Waals surface area contributed by atoms with Crippen LogP contribution >= 0.6 is 0 Å². The zero-order valence-electron chi connectivity index (χ0n) is 15.2. The number of likely N-dealkylation sites (tertiary alicyclic amines) is 1. The third-order valence-electron chi connectivity index (χ3n) is 4.76. The minimum absolute atomic E-state index is 0.0928. The molecule has 0 saturated carbocycles. The molecule has 1 aliphatic rings. The minimum Gasteiger partial charge on any atom is -0.341 e. The molecule has 1 N–H and O–H groups in total. The number of amides is 1. The van der Waals surface area contributed by atoms with Gasteiger partial charge in [0.05, 0.1) is 17.8 Å². The first-order valence-electron chi connectivity index (χ1n) is 8.77. The van der Waals surface area contributed by atoms with Crippen LogP contribution in [0.1, 0.15) is 28.2 Å². The van der Waals surface area contributed by atoms with E-state index in [0.717, 1.165) is 28.2 Å². The summed E-state index contributed by atoms with van der Waals surface area (Å²) in [7, 11) is 0. The van der Waals surface area contributed by atoms with Gasteiger partial charge in [-0.3, -0.25) is 19.6 Å². The van der Waals surface area contributed by atoms with Gasteiger partial charge in [0, 0.05) is 42.8 Å². The standard InChI is InChI=1S/C20H19N5O2/c1-12-13(2)24-19(23-12)18-8-14(3-5-22-18)15-7-16(10-21-9-15)20(27)25-6-4-17(26)11-25/h3,5,7-10H,4,6,11H2,1-2H3,(H,23,24). The highest BCUT2D eigenvalue weighted by atomic mass is 16.2. The number of nitrogens with zero attached hydrogens (tertiary/aromatic N) is 4. The molecule has 7 nitrogen and oxygen atoms in total. The van der Waals surface area contributed by atoms with Crippen molar-refractivity contribution < 1.29 is 9.59 Å². The summed E-state index contributed by atoms with van der Waals surface area (Å²) in [4.78, 5) is 42.0. The van der Waals surface area contributed by atoms with Gasteiger partial charge in [-0.25, -0.2) is 4.98 Å². The van der Waals surface area contributed by atoms with Crippen LogP contribution < -0.4 is 0 Å². The smallest absolute Gasteiger partial charge is 0.255 e. The minimum atomic E-state index is -0.165. The lowest BCUT2D eigenvalue weighted by atomic mass is 10.1. The van der Waals surface area contributed by atoms with Gasteiger partial charge in [0.2, 0.25) is 0 Å². The Morgan fingerprint density at radius 2 is 2.04 bits per heavy atom. The molecule has 1 aliphatic heterocycles. The summed E-state index contributed by atoms with van der Waals surface area (Å²) in [5.41, 5.74) is 4.86. The third-order valence-corrected chi connectivity index (χ3v) is 4.76. The van der Waals surface area contributed by atoms with Crippen molar-refractivity contribution in [1.29, 1.82) is 0 Å². The molecular formula is C20H19N5O2. The van der Waals surface area contributed by atoms with Crippen LogP contribution in [0.2, 0.25) is 0 Å². The van der Waals surface area contributed by atoms with Crippen molar-refractivity contribution in [3.63, 3.8) is 0 Å². The number of H-pyrrole nitrogens is 1. The van der Waals surface area contributed by atoms with E-state index in [2.05, 4.69) is 19.9 Å². The zero-order valence-corrected chi connectivity index (χ0v) is 15.2. The van der Waals surface area contributed by atoms with Gasteiger partial charge in [-0.2, -0.15) is 0 Å². The first-order valence-corrected chi connectivity index (χ1v) is 8.77. The van der Waals surface area contributed by atoms with E-state index >= 15 is 0 Å². The number of rotatable bonds is 3. The van der Waals surface area contributed by atoms with E-state index in [1.807, 2.05) is 26.0 Å². The number of Topliss-reactive ketones (excluding diaryl/α,β-unsaturated/α-hetero) is 1. The number of aromatic nitrogens is 4. The second kappa shape index (κ2) is 6.75. The largest absolute Gasteiger partial charge is 0.341 e. The molecule has 1 amide bonds. The van der Waals surface area contributed by atoms with Crippen molar-refractivity contribution in [3.8, 4) is 22.6 Å². The van der Waals surface area contributed by atoms with E-state index < -0.39 is 0 Å². The van der Waals surface area contributed by atoms with Crippen molar-refractivity contribution in [3.05, 3.63) is 53.7 Å². The Morgan fingerprint density at radius 1 is 1.19 bits per heavy atom. The van der Waals surface area contributed by atoms with E-state index in [0.29, 0.717) is 24.4 Å². The summed E-state index contributed by atoms with van der Waals surface area (Å²) < 4.78 is 0. The molecule has 4 heterocycles. The molecule has 0 aliphatic carbocycles. The number of aromatic amines is 1. The van der Waals surface area contributed by atoms with Crippen molar-refractivity contribution in [1.82, 2.24) is 24.8 Å². The van der Waals surface area contributed by atoms with E-state index in [9.17, 15) is 9.59 Å². The van der Waals surface area contributed by atoms with Gasteiger partial charge < -0.3 is 9.88 Å². The molecule has 3 aromatic heterocycles. The molecule has 0 aromatic carbocycles. The number of imidazole rings is 1. The lowest BCUT2D eigenvalue weighted by Crippen LogP contribution is -2.28. The summed E-state index contributed by atoms with van der Waals surface area (Å²) in [6.07, 6.45) is 5.39. The Kier molecular flexibility index (Phi) is 4.27. The predicted molar refractivity (Wildman–Crippen MR) is 100 cm³/mol. The molecule has 27 heavy (non-hydrogen) atoms. The second-order valence-corrected chi connectivity index (χ2v) is 6.70. The SMILES string of the molecule is Cc1nc(-c2cc(-c3cncc(C(=O)N4CCC(=O)C4)c3)ccn2)[nH]c1C. The predicted octanol–water partition coefficient (Wildman–Crippen LogP) is 2.57. The number of ketones is 1. The van der Waals surface area contributed by atoms with Gasteiger partial charge in [-0.15, -0.1) is 0 Å². The fourth-order valence-electron chi connectivity index (χ4n) is 3.11. The van der Waals surface area contributed by atoms with Crippen LogP contribution in [0.3, 0.4) is 0 Å². The summed E-state index contributed by atoms with van der Waals surface area (Å²) in [5, 5.41) is 0. The Labute approximate surface area is 156 Å². The molecule has 7 heteroatoms. The quantitative estimate of drug-likeness (QED) is 0.774. The lowest BCUT2D eigenvalue weighted by Gasteiger charge is -2.14. The van der Waals surface area contributed by atoms with E-state index in [1.165, 1.54) is 6.20 Å². The number of carbonyl (C=O) groups is 2. The number of carbonyl (C=O) groups excluding carboxylic acids is 2. The number of pyridine rings is 2. The van der Waals surface area contributed by atoms with Gasteiger partial charge in [0.25, 0.3) is 5.91 Å². The van der Waals surface area contributed by atoms with Crippen LogP contribution in [0, 0.1) is 13.8 Å². The Morgan fingerprint density at radius 3 is 2.74 bits per heavy atom. The van der Waals surface area contributed by atoms with Crippen LogP contribution in [0.4, 0.5) is 0 Å². The monoisotopic (exact) mass is 361 g/mol. The average Bonchev–Trinajstić information content (AvgIpc) is 3.27. The molecule has 3 aromatic rings.